The molecule has 5 heteroatoms. The number of rotatable bonds is 5. The fourth-order valence-electron chi connectivity index (χ4n) is 4.98. The van der Waals surface area contributed by atoms with Crippen molar-refractivity contribution in [3.05, 3.63) is 95.6 Å². The Labute approximate surface area is 180 Å². The van der Waals surface area contributed by atoms with Gasteiger partial charge in [0, 0.05) is 24.4 Å². The molecular weight excluding hydrogens is 390 g/mol. The van der Waals surface area contributed by atoms with Crippen molar-refractivity contribution in [1.29, 1.82) is 0 Å². The van der Waals surface area contributed by atoms with E-state index in [9.17, 15) is 14.7 Å². The molecule has 0 atom stereocenters. The summed E-state index contributed by atoms with van der Waals surface area (Å²) in [4.78, 5) is 25.8. The summed E-state index contributed by atoms with van der Waals surface area (Å²) in [5, 5.41) is 9.40. The molecule has 2 aliphatic rings. The van der Waals surface area contributed by atoms with Crippen LogP contribution in [0.5, 0.6) is 0 Å². The van der Waals surface area contributed by atoms with E-state index in [2.05, 4.69) is 24.3 Å². The van der Waals surface area contributed by atoms with E-state index >= 15 is 0 Å². The van der Waals surface area contributed by atoms with E-state index in [0.717, 1.165) is 5.56 Å². The van der Waals surface area contributed by atoms with Gasteiger partial charge in [-0.1, -0.05) is 78.9 Å². The zero-order chi connectivity index (χ0) is 21.4. The van der Waals surface area contributed by atoms with Crippen molar-refractivity contribution >= 4 is 12.1 Å². The third-order valence-electron chi connectivity index (χ3n) is 6.46. The van der Waals surface area contributed by atoms with Gasteiger partial charge in [0.25, 0.3) is 0 Å². The molecule has 1 heterocycles. The second kappa shape index (κ2) is 7.58. The molecule has 1 fully saturated rings. The van der Waals surface area contributed by atoms with E-state index in [-0.39, 0.29) is 25.0 Å². The quantitative estimate of drug-likeness (QED) is 0.660. The molecule has 0 aromatic heterocycles. The molecule has 1 saturated heterocycles. The molecule has 5 nitrogen and oxygen atoms in total. The van der Waals surface area contributed by atoms with Gasteiger partial charge < -0.3 is 14.7 Å². The van der Waals surface area contributed by atoms with E-state index in [0.29, 0.717) is 13.1 Å². The van der Waals surface area contributed by atoms with Gasteiger partial charge in [-0.25, -0.2) is 4.79 Å². The zero-order valence-corrected chi connectivity index (χ0v) is 17.0. The maximum Gasteiger partial charge on any atom is 0.409 e. The SMILES string of the molecule is O=C(O)CC1(c2ccccc2)CN(C(=O)OCC2c3ccccc3-c3ccccc32)C1. The lowest BCUT2D eigenvalue weighted by Crippen LogP contribution is -2.62. The van der Waals surface area contributed by atoms with Gasteiger partial charge in [0.15, 0.2) is 0 Å². The Hall–Kier alpha value is -3.60. The number of carboxylic acids is 1. The molecule has 0 spiro atoms. The molecule has 0 bridgehead atoms. The summed E-state index contributed by atoms with van der Waals surface area (Å²) in [5.74, 6) is -0.855. The number of hydrogen-bond acceptors (Lipinski definition) is 3. The Morgan fingerprint density at radius 3 is 2.00 bits per heavy atom. The average molecular weight is 413 g/mol. The molecule has 1 aliphatic carbocycles. The fourth-order valence-corrected chi connectivity index (χ4v) is 4.98. The third kappa shape index (κ3) is 3.36. The lowest BCUT2D eigenvalue weighted by molar-refractivity contribution is -0.140. The number of hydrogen-bond donors (Lipinski definition) is 1. The number of carbonyl (C=O) groups is 2. The van der Waals surface area contributed by atoms with Crippen LogP contribution in [0, 0.1) is 0 Å². The van der Waals surface area contributed by atoms with Crippen LogP contribution >= 0.6 is 0 Å². The van der Waals surface area contributed by atoms with Gasteiger partial charge in [-0.3, -0.25) is 4.79 Å². The van der Waals surface area contributed by atoms with Crippen molar-refractivity contribution < 1.29 is 19.4 Å². The van der Waals surface area contributed by atoms with Crippen LogP contribution in [0.2, 0.25) is 0 Å². The van der Waals surface area contributed by atoms with Crippen molar-refractivity contribution in [3.63, 3.8) is 0 Å². The number of nitrogens with zero attached hydrogens (tertiary/aromatic N) is 1. The highest BCUT2D eigenvalue weighted by molar-refractivity contribution is 5.79. The first kappa shape index (κ1) is 19.4. The number of amides is 1. The van der Waals surface area contributed by atoms with Crippen LogP contribution in [-0.4, -0.2) is 41.8 Å². The van der Waals surface area contributed by atoms with Crippen molar-refractivity contribution in [2.75, 3.05) is 19.7 Å². The summed E-state index contributed by atoms with van der Waals surface area (Å²) in [6.45, 7) is 0.959. The number of likely N-dealkylation sites (tertiary alicyclic amines) is 1. The summed E-state index contributed by atoms with van der Waals surface area (Å²) >= 11 is 0. The summed E-state index contributed by atoms with van der Waals surface area (Å²) in [7, 11) is 0. The standard InChI is InChI=1S/C26H23NO4/c28-24(29)14-26(18-8-2-1-3-9-18)16-27(17-26)25(30)31-15-23-21-12-6-4-10-19(21)20-11-5-7-13-22(20)23/h1-13,23H,14-17H2,(H,28,29). The van der Waals surface area contributed by atoms with Crippen LogP contribution in [0.3, 0.4) is 0 Å². The molecule has 1 N–H and O–H groups in total. The number of aliphatic carboxylic acids is 1. The molecule has 0 unspecified atom stereocenters. The predicted molar refractivity (Wildman–Crippen MR) is 117 cm³/mol. The molecule has 156 valence electrons. The van der Waals surface area contributed by atoms with Crippen LogP contribution in [0.25, 0.3) is 11.1 Å². The van der Waals surface area contributed by atoms with Gasteiger partial charge in [-0.15, -0.1) is 0 Å². The topological polar surface area (TPSA) is 66.8 Å². The van der Waals surface area contributed by atoms with Gasteiger partial charge in [0.1, 0.15) is 6.61 Å². The molecule has 3 aromatic carbocycles. The van der Waals surface area contributed by atoms with Crippen LogP contribution in [-0.2, 0) is 14.9 Å². The second-order valence-electron chi connectivity index (χ2n) is 8.38. The number of carboxylic acid groups (broad SMARTS) is 1. The lowest BCUT2D eigenvalue weighted by atomic mass is 9.71. The molecule has 31 heavy (non-hydrogen) atoms. The molecule has 5 rings (SSSR count). The van der Waals surface area contributed by atoms with Crippen molar-refractivity contribution in [3.8, 4) is 11.1 Å². The Bertz CT molecular complexity index is 1090. The minimum atomic E-state index is -0.865. The summed E-state index contributed by atoms with van der Waals surface area (Å²) in [6, 6.07) is 26.0. The van der Waals surface area contributed by atoms with Crippen molar-refractivity contribution in [1.82, 2.24) is 4.90 Å². The Morgan fingerprint density at radius 2 is 1.42 bits per heavy atom. The lowest BCUT2D eigenvalue weighted by Gasteiger charge is -2.49. The van der Waals surface area contributed by atoms with E-state index < -0.39 is 11.4 Å². The van der Waals surface area contributed by atoms with Gasteiger partial charge in [-0.2, -0.15) is 0 Å². The highest BCUT2D eigenvalue weighted by Gasteiger charge is 2.48. The first-order valence-corrected chi connectivity index (χ1v) is 10.4. The minimum Gasteiger partial charge on any atom is -0.481 e. The second-order valence-corrected chi connectivity index (χ2v) is 8.38. The molecule has 0 saturated carbocycles. The predicted octanol–water partition coefficient (Wildman–Crippen LogP) is 4.66. The van der Waals surface area contributed by atoms with E-state index in [4.69, 9.17) is 4.74 Å². The molecule has 0 radical (unpaired) electrons. The summed E-state index contributed by atoms with van der Waals surface area (Å²) in [5.41, 5.74) is 5.10. The number of benzene rings is 3. The first-order valence-electron chi connectivity index (χ1n) is 10.4. The highest BCUT2D eigenvalue weighted by atomic mass is 16.6. The van der Waals surface area contributed by atoms with Crippen LogP contribution < -0.4 is 0 Å². The fraction of sp³-hybridized carbons (Fsp3) is 0.231. The molecule has 1 amide bonds. The largest absolute Gasteiger partial charge is 0.481 e. The highest BCUT2D eigenvalue weighted by Crippen LogP contribution is 2.45. The Balaban J connectivity index is 1.29. The van der Waals surface area contributed by atoms with Gasteiger partial charge >= 0.3 is 12.1 Å². The minimum absolute atomic E-state index is 0.00975. The van der Waals surface area contributed by atoms with E-state index in [1.54, 1.807) is 4.90 Å². The monoisotopic (exact) mass is 413 g/mol. The van der Waals surface area contributed by atoms with Crippen LogP contribution in [0.4, 0.5) is 4.79 Å². The number of ether oxygens (including phenoxy) is 1. The number of carbonyl (C=O) groups excluding carboxylic acids is 1. The smallest absolute Gasteiger partial charge is 0.409 e. The molecular formula is C26H23NO4. The van der Waals surface area contributed by atoms with Crippen LogP contribution in [0.1, 0.15) is 29.0 Å². The van der Waals surface area contributed by atoms with E-state index in [1.165, 1.54) is 22.3 Å². The van der Waals surface area contributed by atoms with Crippen molar-refractivity contribution in [2.24, 2.45) is 0 Å². The van der Waals surface area contributed by atoms with Crippen molar-refractivity contribution in [2.45, 2.75) is 17.8 Å². The summed E-state index contributed by atoms with van der Waals surface area (Å²) < 4.78 is 5.72. The van der Waals surface area contributed by atoms with E-state index in [1.807, 2.05) is 54.6 Å². The third-order valence-corrected chi connectivity index (χ3v) is 6.46. The summed E-state index contributed by atoms with van der Waals surface area (Å²) in [6.07, 6.45) is -0.400. The maximum absolute atomic E-state index is 12.8. The Morgan fingerprint density at radius 1 is 0.871 bits per heavy atom. The Kier molecular flexibility index (Phi) is 4.74. The van der Waals surface area contributed by atoms with Gasteiger partial charge in [-0.05, 0) is 27.8 Å². The molecule has 3 aromatic rings. The maximum atomic E-state index is 12.8. The number of fused-ring (bicyclic) bond motifs is 3. The normalized spacial score (nSPS) is 16.2. The molecule has 1 aliphatic heterocycles. The first-order chi connectivity index (χ1) is 15.1. The van der Waals surface area contributed by atoms with Gasteiger partial charge in [0.05, 0.1) is 6.42 Å². The average Bonchev–Trinajstić information content (AvgIpc) is 3.08. The van der Waals surface area contributed by atoms with Gasteiger partial charge in [0.2, 0.25) is 0 Å². The van der Waals surface area contributed by atoms with Crippen LogP contribution in [0.15, 0.2) is 78.9 Å². The zero-order valence-electron chi connectivity index (χ0n) is 17.0.